The largest absolute Gasteiger partial charge is 0.368 e. The molecule has 0 saturated heterocycles. The Morgan fingerprint density at radius 1 is 1.32 bits per heavy atom. The molecule has 0 amide bonds. The molecule has 0 spiro atoms. The first-order chi connectivity index (χ1) is 9.20. The van der Waals surface area contributed by atoms with Gasteiger partial charge in [-0.2, -0.15) is 20.1 Å². The van der Waals surface area contributed by atoms with Gasteiger partial charge in [0.1, 0.15) is 0 Å². The lowest BCUT2D eigenvalue weighted by atomic mass is 10.1. The minimum atomic E-state index is 0.203. The van der Waals surface area contributed by atoms with E-state index in [1.807, 2.05) is 6.07 Å². The number of nitrogens with zero attached hydrogens (tertiary/aromatic N) is 5. The van der Waals surface area contributed by atoms with Crippen molar-refractivity contribution in [3.8, 4) is 5.95 Å². The lowest BCUT2D eigenvalue weighted by Gasteiger charge is -2.13. The van der Waals surface area contributed by atoms with Crippen molar-refractivity contribution in [2.24, 2.45) is 5.92 Å². The van der Waals surface area contributed by atoms with Crippen LogP contribution in [0.3, 0.4) is 0 Å². The van der Waals surface area contributed by atoms with Crippen LogP contribution in [0.5, 0.6) is 0 Å². The summed E-state index contributed by atoms with van der Waals surface area (Å²) in [5, 5.41) is 7.42. The first-order valence-electron chi connectivity index (χ1n) is 6.49. The normalized spacial score (nSPS) is 22.6. The molecule has 3 N–H and O–H groups in total. The number of nitrogens with two attached hydrogens (primary N) is 1. The second-order valence-corrected chi connectivity index (χ2v) is 5.03. The van der Waals surface area contributed by atoms with Gasteiger partial charge in [-0.15, -0.1) is 0 Å². The summed E-state index contributed by atoms with van der Waals surface area (Å²) in [5.41, 5.74) is 5.72. The molecule has 0 radical (unpaired) electrons. The highest BCUT2D eigenvalue weighted by molar-refractivity contribution is 5.35. The van der Waals surface area contributed by atoms with Crippen LogP contribution in [-0.4, -0.2) is 30.8 Å². The molecule has 0 aliphatic heterocycles. The van der Waals surface area contributed by atoms with Crippen molar-refractivity contribution in [2.45, 2.75) is 32.2 Å². The van der Waals surface area contributed by atoms with E-state index in [2.05, 4.69) is 32.3 Å². The zero-order chi connectivity index (χ0) is 13.2. The first kappa shape index (κ1) is 11.9. The third kappa shape index (κ3) is 2.64. The van der Waals surface area contributed by atoms with E-state index in [1.54, 1.807) is 17.1 Å². The van der Waals surface area contributed by atoms with Gasteiger partial charge in [0.2, 0.25) is 11.9 Å². The number of aromatic nitrogens is 5. The molecule has 3 rings (SSSR count). The van der Waals surface area contributed by atoms with Crippen LogP contribution in [-0.2, 0) is 0 Å². The van der Waals surface area contributed by atoms with Gasteiger partial charge in [-0.05, 0) is 31.2 Å². The van der Waals surface area contributed by atoms with E-state index >= 15 is 0 Å². The van der Waals surface area contributed by atoms with Gasteiger partial charge in [0.05, 0.1) is 0 Å². The SMILES string of the molecule is CC1CCC(Nc2nc(N)nc(-n3cccn3)n2)C1. The Morgan fingerprint density at radius 3 is 2.89 bits per heavy atom. The van der Waals surface area contributed by atoms with Gasteiger partial charge >= 0.3 is 0 Å². The fraction of sp³-hybridized carbons (Fsp3) is 0.500. The molecular formula is C12H17N7. The summed E-state index contributed by atoms with van der Waals surface area (Å²) in [5.74, 6) is 1.92. The highest BCUT2D eigenvalue weighted by Gasteiger charge is 2.22. The summed E-state index contributed by atoms with van der Waals surface area (Å²) >= 11 is 0. The average molecular weight is 259 g/mol. The van der Waals surface area contributed by atoms with Crippen LogP contribution in [0.2, 0.25) is 0 Å². The molecule has 1 aliphatic carbocycles. The zero-order valence-electron chi connectivity index (χ0n) is 10.8. The second kappa shape index (κ2) is 4.83. The third-order valence-electron chi connectivity index (χ3n) is 3.38. The zero-order valence-corrected chi connectivity index (χ0v) is 10.8. The van der Waals surface area contributed by atoms with Crippen molar-refractivity contribution < 1.29 is 0 Å². The minimum Gasteiger partial charge on any atom is -0.368 e. The van der Waals surface area contributed by atoms with Crippen LogP contribution in [0.15, 0.2) is 18.5 Å². The third-order valence-corrected chi connectivity index (χ3v) is 3.38. The van der Waals surface area contributed by atoms with E-state index in [0.29, 0.717) is 17.9 Å². The summed E-state index contributed by atoms with van der Waals surface area (Å²) in [6.45, 7) is 2.26. The predicted molar refractivity (Wildman–Crippen MR) is 71.8 cm³/mol. The molecule has 7 heteroatoms. The van der Waals surface area contributed by atoms with Crippen molar-refractivity contribution in [1.29, 1.82) is 0 Å². The van der Waals surface area contributed by atoms with Gasteiger partial charge in [-0.3, -0.25) is 0 Å². The number of nitrogen functional groups attached to an aromatic ring is 1. The fourth-order valence-electron chi connectivity index (χ4n) is 2.46. The number of nitrogens with one attached hydrogen (secondary N) is 1. The highest BCUT2D eigenvalue weighted by Crippen LogP contribution is 2.26. The summed E-state index contributed by atoms with van der Waals surface area (Å²) in [6, 6.07) is 2.23. The molecule has 100 valence electrons. The van der Waals surface area contributed by atoms with Crippen molar-refractivity contribution in [1.82, 2.24) is 24.7 Å². The summed E-state index contributed by atoms with van der Waals surface area (Å²) < 4.78 is 1.57. The van der Waals surface area contributed by atoms with E-state index in [9.17, 15) is 0 Å². The van der Waals surface area contributed by atoms with Crippen LogP contribution >= 0.6 is 0 Å². The topological polar surface area (TPSA) is 94.5 Å². The van der Waals surface area contributed by atoms with Crippen molar-refractivity contribution >= 4 is 11.9 Å². The number of anilines is 2. The molecule has 2 atom stereocenters. The molecule has 0 bridgehead atoms. The highest BCUT2D eigenvalue weighted by atomic mass is 15.4. The van der Waals surface area contributed by atoms with Gasteiger partial charge in [0.15, 0.2) is 0 Å². The first-order valence-corrected chi connectivity index (χ1v) is 6.49. The monoisotopic (exact) mass is 259 g/mol. The van der Waals surface area contributed by atoms with Gasteiger partial charge < -0.3 is 11.1 Å². The van der Waals surface area contributed by atoms with E-state index in [-0.39, 0.29) is 5.95 Å². The van der Waals surface area contributed by atoms with Crippen molar-refractivity contribution in [3.63, 3.8) is 0 Å². The second-order valence-electron chi connectivity index (χ2n) is 5.03. The van der Waals surface area contributed by atoms with Crippen LogP contribution < -0.4 is 11.1 Å². The van der Waals surface area contributed by atoms with Crippen LogP contribution in [0, 0.1) is 5.92 Å². The molecule has 1 aliphatic rings. The van der Waals surface area contributed by atoms with Gasteiger partial charge in [-0.25, -0.2) is 4.68 Å². The Bertz CT molecular complexity index is 551. The lowest BCUT2D eigenvalue weighted by molar-refractivity contribution is 0.601. The summed E-state index contributed by atoms with van der Waals surface area (Å²) in [4.78, 5) is 12.6. The van der Waals surface area contributed by atoms with E-state index in [1.165, 1.54) is 6.42 Å². The van der Waals surface area contributed by atoms with Crippen molar-refractivity contribution in [3.05, 3.63) is 18.5 Å². The maximum Gasteiger partial charge on any atom is 0.257 e. The fourth-order valence-corrected chi connectivity index (χ4v) is 2.46. The van der Waals surface area contributed by atoms with Gasteiger partial charge in [0.25, 0.3) is 5.95 Å². The Labute approximate surface area is 111 Å². The molecule has 1 saturated carbocycles. The molecule has 7 nitrogen and oxygen atoms in total. The lowest BCUT2D eigenvalue weighted by Crippen LogP contribution is -2.19. The molecule has 2 unspecified atom stereocenters. The smallest absolute Gasteiger partial charge is 0.257 e. The van der Waals surface area contributed by atoms with Crippen LogP contribution in [0.25, 0.3) is 5.95 Å². The van der Waals surface area contributed by atoms with Crippen LogP contribution in [0.1, 0.15) is 26.2 Å². The quantitative estimate of drug-likeness (QED) is 0.861. The van der Waals surface area contributed by atoms with E-state index in [0.717, 1.165) is 18.8 Å². The average Bonchev–Trinajstić information content (AvgIpc) is 3.00. The maximum absolute atomic E-state index is 5.72. The molecule has 2 aromatic heterocycles. The maximum atomic E-state index is 5.72. The Hall–Kier alpha value is -2.18. The molecule has 2 aromatic rings. The standard InChI is InChI=1S/C12H17N7/c1-8-3-4-9(7-8)15-11-16-10(13)17-12(18-11)19-6-2-5-14-19/h2,5-6,8-9H,3-4,7H2,1H3,(H3,13,15,16,17,18). The Balaban J connectivity index is 1.82. The van der Waals surface area contributed by atoms with Crippen molar-refractivity contribution in [2.75, 3.05) is 11.1 Å². The number of rotatable bonds is 3. The minimum absolute atomic E-state index is 0.203. The van der Waals surface area contributed by atoms with Gasteiger partial charge in [0, 0.05) is 18.4 Å². The molecule has 19 heavy (non-hydrogen) atoms. The van der Waals surface area contributed by atoms with E-state index < -0.39 is 0 Å². The molecular weight excluding hydrogens is 242 g/mol. The Kier molecular flexibility index (Phi) is 3.02. The summed E-state index contributed by atoms with van der Waals surface area (Å²) in [6.07, 6.45) is 6.97. The number of hydrogen-bond donors (Lipinski definition) is 2. The number of hydrogen-bond acceptors (Lipinski definition) is 6. The van der Waals surface area contributed by atoms with Crippen LogP contribution in [0.4, 0.5) is 11.9 Å². The van der Waals surface area contributed by atoms with Gasteiger partial charge in [-0.1, -0.05) is 6.92 Å². The van der Waals surface area contributed by atoms with E-state index in [4.69, 9.17) is 5.73 Å². The summed E-state index contributed by atoms with van der Waals surface area (Å²) in [7, 11) is 0. The Morgan fingerprint density at radius 2 is 2.21 bits per heavy atom. The molecule has 2 heterocycles. The molecule has 1 fully saturated rings. The molecule has 0 aromatic carbocycles. The predicted octanol–water partition coefficient (Wildman–Crippen LogP) is 1.24.